The number of hydrogen-bond donors (Lipinski definition) is 2. The van der Waals surface area contributed by atoms with Crippen molar-refractivity contribution in [2.45, 2.75) is 32.2 Å². The van der Waals surface area contributed by atoms with Gasteiger partial charge in [-0.2, -0.15) is 0 Å². The van der Waals surface area contributed by atoms with Crippen molar-refractivity contribution in [2.24, 2.45) is 0 Å². The van der Waals surface area contributed by atoms with Crippen LogP contribution in [0, 0.1) is 0 Å². The van der Waals surface area contributed by atoms with E-state index in [2.05, 4.69) is 43.4 Å². The maximum Gasteiger partial charge on any atom is 0.255 e. The number of benzene rings is 1. The number of ether oxygens (including phenoxy) is 1. The van der Waals surface area contributed by atoms with E-state index in [1.807, 2.05) is 18.2 Å². The number of nitrogens with one attached hydrogen (secondary N) is 2. The lowest BCUT2D eigenvalue weighted by Crippen LogP contribution is -2.18. The molecule has 3 heterocycles. The molecule has 0 unspecified atom stereocenters. The number of aromatic amines is 1. The quantitative estimate of drug-likeness (QED) is 0.491. The molecule has 0 aliphatic carbocycles. The van der Waals surface area contributed by atoms with E-state index in [1.165, 1.54) is 31.5 Å². The van der Waals surface area contributed by atoms with Gasteiger partial charge in [-0.1, -0.05) is 18.2 Å². The minimum Gasteiger partial charge on any atom is -0.494 e. The highest BCUT2D eigenvalue weighted by Gasteiger charge is 2.11. The molecule has 3 aromatic rings. The van der Waals surface area contributed by atoms with Crippen LogP contribution in [0.5, 0.6) is 5.75 Å². The number of nitrogens with zero attached hydrogens (tertiary/aromatic N) is 3. The molecule has 1 aliphatic heterocycles. The SMILES string of the molecule is O=c1[nH]c(NCCCOc2cccc(CN3CCCC3)c2)ncc1Cc1cccnc1. The van der Waals surface area contributed by atoms with E-state index in [0.29, 0.717) is 31.1 Å². The Balaban J connectivity index is 1.19. The Morgan fingerprint density at radius 1 is 1.10 bits per heavy atom. The number of H-pyrrole nitrogens is 1. The molecule has 0 radical (unpaired) electrons. The second-order valence-corrected chi connectivity index (χ2v) is 7.88. The largest absolute Gasteiger partial charge is 0.494 e. The van der Waals surface area contributed by atoms with Crippen LogP contribution in [-0.4, -0.2) is 46.1 Å². The van der Waals surface area contributed by atoms with Crippen LogP contribution in [0.2, 0.25) is 0 Å². The normalized spacial score (nSPS) is 13.9. The van der Waals surface area contributed by atoms with E-state index >= 15 is 0 Å². The van der Waals surface area contributed by atoms with Gasteiger partial charge < -0.3 is 10.1 Å². The third-order valence-electron chi connectivity index (χ3n) is 5.38. The molecule has 162 valence electrons. The smallest absolute Gasteiger partial charge is 0.255 e. The van der Waals surface area contributed by atoms with Crippen LogP contribution in [0.4, 0.5) is 5.95 Å². The Morgan fingerprint density at radius 3 is 2.77 bits per heavy atom. The first-order chi connectivity index (χ1) is 15.3. The van der Waals surface area contributed by atoms with Gasteiger partial charge >= 0.3 is 0 Å². The zero-order valence-electron chi connectivity index (χ0n) is 17.7. The van der Waals surface area contributed by atoms with Gasteiger partial charge in [0.05, 0.1) is 6.61 Å². The van der Waals surface area contributed by atoms with E-state index < -0.39 is 0 Å². The van der Waals surface area contributed by atoms with Crippen molar-refractivity contribution in [3.05, 3.63) is 82.0 Å². The van der Waals surface area contributed by atoms with E-state index in [1.54, 1.807) is 18.6 Å². The van der Waals surface area contributed by atoms with Crippen LogP contribution in [0.25, 0.3) is 0 Å². The summed E-state index contributed by atoms with van der Waals surface area (Å²) in [6, 6.07) is 12.2. The van der Waals surface area contributed by atoms with Gasteiger partial charge in [0.25, 0.3) is 5.56 Å². The van der Waals surface area contributed by atoms with Crippen molar-refractivity contribution in [1.82, 2.24) is 19.9 Å². The lowest BCUT2D eigenvalue weighted by molar-refractivity contribution is 0.310. The van der Waals surface area contributed by atoms with Crippen LogP contribution in [0.1, 0.15) is 36.0 Å². The third kappa shape index (κ3) is 6.39. The van der Waals surface area contributed by atoms with E-state index in [0.717, 1.165) is 24.3 Å². The van der Waals surface area contributed by atoms with Gasteiger partial charge in [0.15, 0.2) is 0 Å². The van der Waals surface area contributed by atoms with Gasteiger partial charge in [-0.15, -0.1) is 0 Å². The minimum absolute atomic E-state index is 0.132. The Labute approximate surface area is 182 Å². The lowest BCUT2D eigenvalue weighted by atomic mass is 10.1. The van der Waals surface area contributed by atoms with Crippen LogP contribution in [-0.2, 0) is 13.0 Å². The molecule has 1 aliphatic rings. The molecule has 7 heteroatoms. The van der Waals surface area contributed by atoms with Gasteiger partial charge in [-0.3, -0.25) is 19.7 Å². The first-order valence-corrected chi connectivity index (χ1v) is 10.9. The first kappa shape index (κ1) is 21.1. The molecule has 2 aromatic heterocycles. The number of rotatable bonds is 10. The standard InChI is InChI=1S/C24H29N5O2/c30-23-21(14-19-7-4-9-25-16-19)17-27-24(28-23)26-10-5-13-31-22-8-3-6-20(15-22)18-29-11-1-2-12-29/h3-4,6-9,15-17H,1-2,5,10-14,18H2,(H2,26,27,28,30). The molecule has 0 bridgehead atoms. The van der Waals surface area contributed by atoms with Gasteiger partial charge in [0, 0.05) is 43.7 Å². The van der Waals surface area contributed by atoms with Crippen molar-refractivity contribution < 1.29 is 4.74 Å². The zero-order valence-corrected chi connectivity index (χ0v) is 17.7. The van der Waals surface area contributed by atoms with Crippen molar-refractivity contribution in [3.8, 4) is 5.75 Å². The number of likely N-dealkylation sites (tertiary alicyclic amines) is 1. The topological polar surface area (TPSA) is 83.1 Å². The summed E-state index contributed by atoms with van der Waals surface area (Å²) in [6.07, 6.45) is 9.02. The fourth-order valence-corrected chi connectivity index (χ4v) is 3.76. The number of anilines is 1. The van der Waals surface area contributed by atoms with Gasteiger partial charge in [-0.05, 0) is 61.7 Å². The van der Waals surface area contributed by atoms with E-state index in [9.17, 15) is 4.79 Å². The van der Waals surface area contributed by atoms with Crippen molar-refractivity contribution in [3.63, 3.8) is 0 Å². The molecule has 7 nitrogen and oxygen atoms in total. The molecule has 1 aromatic carbocycles. The van der Waals surface area contributed by atoms with Crippen LogP contribution in [0.15, 0.2) is 59.8 Å². The van der Waals surface area contributed by atoms with Crippen LogP contribution < -0.4 is 15.6 Å². The summed E-state index contributed by atoms with van der Waals surface area (Å²) in [4.78, 5) is 26.0. The fraction of sp³-hybridized carbons (Fsp3) is 0.375. The summed E-state index contributed by atoms with van der Waals surface area (Å²) in [5.41, 5.74) is 2.77. The molecule has 1 saturated heterocycles. The Morgan fingerprint density at radius 2 is 1.97 bits per heavy atom. The second kappa shape index (κ2) is 10.7. The van der Waals surface area contributed by atoms with Crippen LogP contribution in [0.3, 0.4) is 0 Å². The molecule has 0 spiro atoms. The number of pyridine rings is 1. The monoisotopic (exact) mass is 419 g/mol. The minimum atomic E-state index is -0.132. The highest BCUT2D eigenvalue weighted by atomic mass is 16.5. The predicted octanol–water partition coefficient (Wildman–Crippen LogP) is 3.23. The highest BCUT2D eigenvalue weighted by Crippen LogP contribution is 2.17. The van der Waals surface area contributed by atoms with Crippen molar-refractivity contribution in [2.75, 3.05) is 31.6 Å². The van der Waals surface area contributed by atoms with Crippen molar-refractivity contribution >= 4 is 5.95 Å². The van der Waals surface area contributed by atoms with Gasteiger partial charge in [-0.25, -0.2) is 4.98 Å². The summed E-state index contributed by atoms with van der Waals surface area (Å²) in [5, 5.41) is 3.16. The molecule has 0 atom stereocenters. The van der Waals surface area contributed by atoms with Crippen LogP contribution >= 0.6 is 0 Å². The molecule has 31 heavy (non-hydrogen) atoms. The molecular formula is C24H29N5O2. The average Bonchev–Trinajstić information content (AvgIpc) is 3.29. The van der Waals surface area contributed by atoms with E-state index in [4.69, 9.17) is 4.74 Å². The third-order valence-corrected chi connectivity index (χ3v) is 5.38. The van der Waals surface area contributed by atoms with Gasteiger partial charge in [0.2, 0.25) is 5.95 Å². The molecule has 0 saturated carbocycles. The maximum absolute atomic E-state index is 12.3. The highest BCUT2D eigenvalue weighted by molar-refractivity contribution is 5.29. The van der Waals surface area contributed by atoms with Gasteiger partial charge in [0.1, 0.15) is 5.75 Å². The Hall–Kier alpha value is -3.19. The molecular weight excluding hydrogens is 390 g/mol. The molecule has 0 amide bonds. The summed E-state index contributed by atoms with van der Waals surface area (Å²) in [5.74, 6) is 1.38. The Bertz CT molecular complexity index is 1020. The van der Waals surface area contributed by atoms with Crippen molar-refractivity contribution in [1.29, 1.82) is 0 Å². The summed E-state index contributed by atoms with van der Waals surface area (Å²) < 4.78 is 5.90. The fourth-order valence-electron chi connectivity index (χ4n) is 3.76. The average molecular weight is 420 g/mol. The number of hydrogen-bond acceptors (Lipinski definition) is 6. The second-order valence-electron chi connectivity index (χ2n) is 7.88. The lowest BCUT2D eigenvalue weighted by Gasteiger charge is -2.15. The Kier molecular flexibility index (Phi) is 7.28. The molecule has 4 rings (SSSR count). The maximum atomic E-state index is 12.3. The molecule has 1 fully saturated rings. The summed E-state index contributed by atoms with van der Waals surface area (Å²) >= 11 is 0. The zero-order chi connectivity index (χ0) is 21.3. The predicted molar refractivity (Wildman–Crippen MR) is 121 cm³/mol. The van der Waals surface area contributed by atoms with E-state index in [-0.39, 0.29) is 5.56 Å². The summed E-state index contributed by atoms with van der Waals surface area (Å²) in [6.45, 7) is 4.64. The summed E-state index contributed by atoms with van der Waals surface area (Å²) in [7, 11) is 0. The number of aromatic nitrogens is 3. The first-order valence-electron chi connectivity index (χ1n) is 10.9. The molecule has 2 N–H and O–H groups in total.